The maximum Gasteiger partial charge on any atom is 0.0644 e. The summed E-state index contributed by atoms with van der Waals surface area (Å²) in [5.41, 5.74) is 0.378. The summed E-state index contributed by atoms with van der Waals surface area (Å²) in [7, 11) is 1.76. The number of hydrogen-bond acceptors (Lipinski definition) is 2. The van der Waals surface area contributed by atoms with Gasteiger partial charge in [0.1, 0.15) is 0 Å². The molecule has 0 aromatic carbocycles. The summed E-state index contributed by atoms with van der Waals surface area (Å²) < 4.78 is 5.06. The first kappa shape index (κ1) is 7.03. The molecular formula is C7H15NO. The lowest BCUT2D eigenvalue weighted by molar-refractivity contribution is 0.158. The van der Waals surface area contributed by atoms with Crippen LogP contribution in [0.25, 0.3) is 0 Å². The lowest BCUT2D eigenvalue weighted by Crippen LogP contribution is -2.35. The fraction of sp³-hybridized carbons (Fsp3) is 1.00. The summed E-state index contributed by atoms with van der Waals surface area (Å²) in [6.07, 6.45) is 2.57. The van der Waals surface area contributed by atoms with E-state index in [1.807, 2.05) is 0 Å². The van der Waals surface area contributed by atoms with E-state index in [0.717, 1.165) is 13.2 Å². The zero-order valence-electron chi connectivity index (χ0n) is 6.24. The van der Waals surface area contributed by atoms with Crippen LogP contribution < -0.4 is 5.32 Å². The third kappa shape index (κ3) is 1.66. The zero-order valence-corrected chi connectivity index (χ0v) is 6.24. The predicted molar refractivity (Wildman–Crippen MR) is 37.5 cm³/mol. The highest BCUT2D eigenvalue weighted by Gasteiger charge is 2.41. The van der Waals surface area contributed by atoms with Gasteiger partial charge in [-0.2, -0.15) is 0 Å². The van der Waals surface area contributed by atoms with Gasteiger partial charge in [0, 0.05) is 12.6 Å². The summed E-state index contributed by atoms with van der Waals surface area (Å²) in [6.45, 7) is 4.07. The molecule has 0 unspecified atom stereocenters. The van der Waals surface area contributed by atoms with E-state index >= 15 is 0 Å². The van der Waals surface area contributed by atoms with Crippen molar-refractivity contribution in [2.24, 2.45) is 0 Å². The number of rotatable bonds is 4. The lowest BCUT2D eigenvalue weighted by Gasteiger charge is -2.13. The Labute approximate surface area is 56.6 Å². The molecule has 0 heterocycles. The molecule has 1 aliphatic rings. The Morgan fingerprint density at radius 3 is 2.56 bits per heavy atom. The van der Waals surface area contributed by atoms with E-state index in [1.54, 1.807) is 7.11 Å². The molecular weight excluding hydrogens is 114 g/mol. The predicted octanol–water partition coefficient (Wildman–Crippen LogP) is 0.775. The van der Waals surface area contributed by atoms with Crippen LogP contribution in [-0.2, 0) is 4.74 Å². The first-order chi connectivity index (χ1) is 4.33. The van der Waals surface area contributed by atoms with Crippen molar-refractivity contribution in [3.63, 3.8) is 0 Å². The molecule has 0 saturated heterocycles. The van der Waals surface area contributed by atoms with Crippen molar-refractivity contribution in [1.29, 1.82) is 0 Å². The van der Waals surface area contributed by atoms with Gasteiger partial charge in [-0.3, -0.25) is 0 Å². The standard InChI is InChI=1S/C7H15NO/c1-3-8-7(4-5-7)6-9-2/h8H,3-6H2,1-2H3. The number of likely N-dealkylation sites (N-methyl/N-ethyl adjacent to an activating group) is 1. The Kier molecular flexibility index (Phi) is 2.09. The Morgan fingerprint density at radius 1 is 1.56 bits per heavy atom. The van der Waals surface area contributed by atoms with E-state index in [4.69, 9.17) is 4.74 Å². The molecule has 0 bridgehead atoms. The molecule has 1 aliphatic carbocycles. The topological polar surface area (TPSA) is 21.3 Å². The highest BCUT2D eigenvalue weighted by molar-refractivity contribution is 5.01. The average molecular weight is 129 g/mol. The molecule has 0 aromatic rings. The quantitative estimate of drug-likeness (QED) is 0.605. The van der Waals surface area contributed by atoms with Gasteiger partial charge in [-0.15, -0.1) is 0 Å². The third-order valence-corrected chi connectivity index (χ3v) is 1.83. The van der Waals surface area contributed by atoms with Crippen LogP contribution in [0.5, 0.6) is 0 Å². The van der Waals surface area contributed by atoms with Crippen LogP contribution in [0.3, 0.4) is 0 Å². The first-order valence-corrected chi connectivity index (χ1v) is 3.57. The number of methoxy groups -OCH3 is 1. The van der Waals surface area contributed by atoms with Gasteiger partial charge in [-0.1, -0.05) is 6.92 Å². The van der Waals surface area contributed by atoms with Crippen LogP contribution in [-0.4, -0.2) is 25.8 Å². The van der Waals surface area contributed by atoms with Gasteiger partial charge in [0.05, 0.1) is 6.61 Å². The summed E-state index contributed by atoms with van der Waals surface area (Å²) in [5, 5.41) is 3.41. The van der Waals surface area contributed by atoms with Crippen LogP contribution in [0.2, 0.25) is 0 Å². The Hall–Kier alpha value is -0.0800. The minimum absolute atomic E-state index is 0.378. The van der Waals surface area contributed by atoms with Gasteiger partial charge >= 0.3 is 0 Å². The van der Waals surface area contributed by atoms with Crippen molar-refractivity contribution in [3.8, 4) is 0 Å². The smallest absolute Gasteiger partial charge is 0.0644 e. The van der Waals surface area contributed by atoms with E-state index in [9.17, 15) is 0 Å². The first-order valence-electron chi connectivity index (χ1n) is 3.57. The molecule has 1 fully saturated rings. The molecule has 2 heteroatoms. The molecule has 0 aromatic heterocycles. The SMILES string of the molecule is CCNC1(COC)CC1. The molecule has 9 heavy (non-hydrogen) atoms. The monoisotopic (exact) mass is 129 g/mol. The van der Waals surface area contributed by atoms with Gasteiger partial charge in [0.2, 0.25) is 0 Å². The van der Waals surface area contributed by atoms with Gasteiger partial charge in [-0.25, -0.2) is 0 Å². The van der Waals surface area contributed by atoms with Crippen LogP contribution in [0.4, 0.5) is 0 Å². The molecule has 1 rings (SSSR count). The fourth-order valence-corrected chi connectivity index (χ4v) is 1.17. The maximum absolute atomic E-state index is 5.06. The van der Waals surface area contributed by atoms with Crippen molar-refractivity contribution < 1.29 is 4.74 Å². The van der Waals surface area contributed by atoms with Crippen LogP contribution in [0, 0.1) is 0 Å². The Morgan fingerprint density at radius 2 is 2.22 bits per heavy atom. The minimum atomic E-state index is 0.378. The molecule has 0 amide bonds. The summed E-state index contributed by atoms with van der Waals surface area (Å²) in [5.74, 6) is 0. The van der Waals surface area contributed by atoms with Gasteiger partial charge in [0.25, 0.3) is 0 Å². The zero-order chi connectivity index (χ0) is 6.74. The largest absolute Gasteiger partial charge is 0.383 e. The summed E-state index contributed by atoms with van der Waals surface area (Å²) in [4.78, 5) is 0. The molecule has 0 radical (unpaired) electrons. The fourth-order valence-electron chi connectivity index (χ4n) is 1.17. The molecule has 1 N–H and O–H groups in total. The second-order valence-electron chi connectivity index (χ2n) is 2.74. The average Bonchev–Trinajstić information content (AvgIpc) is 2.51. The normalized spacial score (nSPS) is 22.0. The van der Waals surface area contributed by atoms with Crippen molar-refractivity contribution in [1.82, 2.24) is 5.32 Å². The highest BCUT2D eigenvalue weighted by Crippen LogP contribution is 2.34. The molecule has 0 atom stereocenters. The van der Waals surface area contributed by atoms with Gasteiger partial charge in [-0.05, 0) is 19.4 Å². The molecule has 0 aliphatic heterocycles. The molecule has 0 spiro atoms. The van der Waals surface area contributed by atoms with E-state index in [2.05, 4.69) is 12.2 Å². The van der Waals surface area contributed by atoms with Gasteiger partial charge in [0.15, 0.2) is 0 Å². The highest BCUT2D eigenvalue weighted by atomic mass is 16.5. The van der Waals surface area contributed by atoms with Gasteiger partial charge < -0.3 is 10.1 Å². The number of ether oxygens (including phenoxy) is 1. The van der Waals surface area contributed by atoms with Crippen LogP contribution >= 0.6 is 0 Å². The number of hydrogen-bond donors (Lipinski definition) is 1. The third-order valence-electron chi connectivity index (χ3n) is 1.83. The number of nitrogens with one attached hydrogen (secondary N) is 1. The molecule has 2 nitrogen and oxygen atoms in total. The van der Waals surface area contributed by atoms with Crippen LogP contribution in [0.1, 0.15) is 19.8 Å². The van der Waals surface area contributed by atoms with E-state index in [0.29, 0.717) is 5.54 Å². The van der Waals surface area contributed by atoms with E-state index in [1.165, 1.54) is 12.8 Å². The Bertz CT molecular complexity index is 80.9. The van der Waals surface area contributed by atoms with Crippen molar-refractivity contribution >= 4 is 0 Å². The summed E-state index contributed by atoms with van der Waals surface area (Å²) >= 11 is 0. The maximum atomic E-state index is 5.06. The molecule has 1 saturated carbocycles. The van der Waals surface area contributed by atoms with Crippen molar-refractivity contribution in [2.75, 3.05) is 20.3 Å². The minimum Gasteiger partial charge on any atom is -0.383 e. The Balaban J connectivity index is 2.17. The second-order valence-corrected chi connectivity index (χ2v) is 2.74. The van der Waals surface area contributed by atoms with Crippen LogP contribution in [0.15, 0.2) is 0 Å². The summed E-state index contributed by atoms with van der Waals surface area (Å²) in [6, 6.07) is 0. The van der Waals surface area contributed by atoms with E-state index in [-0.39, 0.29) is 0 Å². The molecule has 54 valence electrons. The van der Waals surface area contributed by atoms with E-state index < -0.39 is 0 Å². The van der Waals surface area contributed by atoms with Crippen molar-refractivity contribution in [2.45, 2.75) is 25.3 Å². The second kappa shape index (κ2) is 2.67. The lowest BCUT2D eigenvalue weighted by atomic mass is 10.3. The van der Waals surface area contributed by atoms with Crippen molar-refractivity contribution in [3.05, 3.63) is 0 Å².